The second-order valence-electron chi connectivity index (χ2n) is 5.01. The molecule has 1 amide bonds. The van der Waals surface area contributed by atoms with Crippen LogP contribution in [0.15, 0.2) is 24.3 Å². The summed E-state index contributed by atoms with van der Waals surface area (Å²) in [5, 5.41) is 6.16. The van der Waals surface area contributed by atoms with E-state index in [4.69, 9.17) is 0 Å². The Morgan fingerprint density at radius 1 is 1.32 bits per heavy atom. The molecule has 0 bridgehead atoms. The van der Waals surface area contributed by atoms with Crippen molar-refractivity contribution >= 4 is 11.6 Å². The topological polar surface area (TPSA) is 44.4 Å². The zero-order chi connectivity index (χ0) is 13.7. The van der Waals surface area contributed by atoms with E-state index >= 15 is 0 Å². The second-order valence-corrected chi connectivity index (χ2v) is 5.01. The lowest BCUT2D eigenvalue weighted by atomic mass is 10.2. The standard InChI is InChI=1S/C15H23N3O/c1-3-18(11-15(19)16-2)14-8-4-12(5-9-14)10-17-13-6-7-13/h4-5,8-9,13,17H,3,6-7,10-11H2,1-2H3,(H,16,19). The summed E-state index contributed by atoms with van der Waals surface area (Å²) in [6, 6.07) is 9.20. The van der Waals surface area contributed by atoms with Crippen LogP contribution in [-0.2, 0) is 11.3 Å². The van der Waals surface area contributed by atoms with Gasteiger partial charge in [0.25, 0.3) is 0 Å². The first-order valence-corrected chi connectivity index (χ1v) is 7.00. The van der Waals surface area contributed by atoms with Crippen LogP contribution < -0.4 is 15.5 Å². The van der Waals surface area contributed by atoms with Gasteiger partial charge in [-0.15, -0.1) is 0 Å². The predicted molar refractivity (Wildman–Crippen MR) is 78.3 cm³/mol. The van der Waals surface area contributed by atoms with Gasteiger partial charge in [-0.3, -0.25) is 4.79 Å². The number of benzene rings is 1. The number of nitrogens with zero attached hydrogens (tertiary/aromatic N) is 1. The number of hydrogen-bond acceptors (Lipinski definition) is 3. The molecule has 1 aliphatic rings. The highest BCUT2D eigenvalue weighted by Gasteiger charge is 2.19. The number of carbonyl (C=O) groups excluding carboxylic acids is 1. The van der Waals surface area contributed by atoms with Gasteiger partial charge >= 0.3 is 0 Å². The van der Waals surface area contributed by atoms with E-state index in [0.29, 0.717) is 6.54 Å². The van der Waals surface area contributed by atoms with Gasteiger partial charge in [0.1, 0.15) is 0 Å². The maximum Gasteiger partial charge on any atom is 0.239 e. The van der Waals surface area contributed by atoms with Crippen molar-refractivity contribution in [2.75, 3.05) is 25.0 Å². The number of hydrogen-bond donors (Lipinski definition) is 2. The SMILES string of the molecule is CCN(CC(=O)NC)c1ccc(CNC2CC2)cc1. The van der Waals surface area contributed by atoms with Crippen molar-refractivity contribution in [2.45, 2.75) is 32.4 Å². The highest BCUT2D eigenvalue weighted by molar-refractivity contribution is 5.81. The average molecular weight is 261 g/mol. The molecule has 2 N–H and O–H groups in total. The van der Waals surface area contributed by atoms with Crippen LogP contribution in [0.1, 0.15) is 25.3 Å². The molecule has 0 spiro atoms. The highest BCUT2D eigenvalue weighted by Crippen LogP contribution is 2.20. The molecule has 104 valence electrons. The van der Waals surface area contributed by atoms with Crippen molar-refractivity contribution in [1.82, 2.24) is 10.6 Å². The maximum atomic E-state index is 11.4. The van der Waals surface area contributed by atoms with E-state index in [9.17, 15) is 4.79 Å². The van der Waals surface area contributed by atoms with Crippen molar-refractivity contribution in [3.05, 3.63) is 29.8 Å². The first kappa shape index (κ1) is 13.9. The van der Waals surface area contributed by atoms with E-state index < -0.39 is 0 Å². The van der Waals surface area contributed by atoms with Gasteiger partial charge in [0.2, 0.25) is 5.91 Å². The summed E-state index contributed by atoms with van der Waals surface area (Å²) in [5.74, 6) is 0.0429. The third-order valence-electron chi connectivity index (χ3n) is 3.47. The Morgan fingerprint density at radius 3 is 2.53 bits per heavy atom. The summed E-state index contributed by atoms with van der Waals surface area (Å²) in [4.78, 5) is 13.5. The van der Waals surface area contributed by atoms with Gasteiger partial charge in [-0.25, -0.2) is 0 Å². The lowest BCUT2D eigenvalue weighted by Crippen LogP contribution is -2.35. The first-order valence-electron chi connectivity index (χ1n) is 7.00. The summed E-state index contributed by atoms with van der Waals surface area (Å²) in [6.07, 6.45) is 2.63. The van der Waals surface area contributed by atoms with Crippen molar-refractivity contribution in [3.8, 4) is 0 Å². The van der Waals surface area contributed by atoms with Crippen molar-refractivity contribution in [2.24, 2.45) is 0 Å². The van der Waals surface area contributed by atoms with Crippen LogP contribution in [-0.4, -0.2) is 32.1 Å². The number of likely N-dealkylation sites (N-methyl/N-ethyl adjacent to an activating group) is 2. The second kappa shape index (κ2) is 6.57. The molecule has 1 aromatic carbocycles. The smallest absolute Gasteiger partial charge is 0.239 e. The Kier molecular flexibility index (Phi) is 4.80. The zero-order valence-corrected chi connectivity index (χ0v) is 11.8. The molecule has 0 atom stereocenters. The van der Waals surface area contributed by atoms with Gasteiger partial charge in [-0.2, -0.15) is 0 Å². The third kappa shape index (κ3) is 4.24. The molecular weight excluding hydrogens is 238 g/mol. The molecule has 4 heteroatoms. The highest BCUT2D eigenvalue weighted by atomic mass is 16.1. The van der Waals surface area contributed by atoms with Crippen LogP contribution in [0.25, 0.3) is 0 Å². The van der Waals surface area contributed by atoms with Crippen molar-refractivity contribution in [3.63, 3.8) is 0 Å². The minimum atomic E-state index is 0.0429. The molecule has 0 aromatic heterocycles. The minimum absolute atomic E-state index is 0.0429. The van der Waals surface area contributed by atoms with Crippen LogP contribution in [0.5, 0.6) is 0 Å². The summed E-state index contributed by atoms with van der Waals surface area (Å²) in [6.45, 7) is 4.23. The van der Waals surface area contributed by atoms with Gasteiger partial charge < -0.3 is 15.5 Å². The summed E-state index contributed by atoms with van der Waals surface area (Å²) < 4.78 is 0. The predicted octanol–water partition coefficient (Wildman–Crippen LogP) is 1.51. The molecule has 2 rings (SSSR count). The number of nitrogens with one attached hydrogen (secondary N) is 2. The van der Waals surface area contributed by atoms with Gasteiger partial charge in [0.05, 0.1) is 6.54 Å². The number of anilines is 1. The molecule has 1 aliphatic carbocycles. The van der Waals surface area contributed by atoms with Gasteiger partial charge in [-0.1, -0.05) is 12.1 Å². The molecule has 4 nitrogen and oxygen atoms in total. The molecule has 0 saturated heterocycles. The quantitative estimate of drug-likeness (QED) is 0.782. The summed E-state index contributed by atoms with van der Waals surface area (Å²) in [7, 11) is 1.67. The zero-order valence-electron chi connectivity index (χ0n) is 11.8. The van der Waals surface area contributed by atoms with E-state index in [1.54, 1.807) is 7.05 Å². The molecule has 0 unspecified atom stereocenters. The summed E-state index contributed by atoms with van der Waals surface area (Å²) in [5.41, 5.74) is 2.40. The van der Waals surface area contributed by atoms with Gasteiger partial charge in [0.15, 0.2) is 0 Å². The first-order chi connectivity index (χ1) is 9.22. The van der Waals surface area contributed by atoms with Crippen LogP contribution in [0.4, 0.5) is 5.69 Å². The Balaban J connectivity index is 1.92. The Labute approximate surface area is 115 Å². The molecule has 1 fully saturated rings. The fourth-order valence-corrected chi connectivity index (χ4v) is 2.01. The van der Waals surface area contributed by atoms with Crippen LogP contribution in [0.3, 0.4) is 0 Å². The lowest BCUT2D eigenvalue weighted by Gasteiger charge is -2.22. The summed E-state index contributed by atoms with van der Waals surface area (Å²) >= 11 is 0. The van der Waals surface area contributed by atoms with Crippen LogP contribution >= 0.6 is 0 Å². The Bertz CT molecular complexity index is 412. The Morgan fingerprint density at radius 2 is 2.00 bits per heavy atom. The number of amides is 1. The molecular formula is C15H23N3O. The van der Waals surface area contributed by atoms with Gasteiger partial charge in [-0.05, 0) is 37.5 Å². The number of carbonyl (C=O) groups is 1. The van der Waals surface area contributed by atoms with E-state index in [1.807, 2.05) is 0 Å². The van der Waals surface area contributed by atoms with E-state index in [-0.39, 0.29) is 5.91 Å². The van der Waals surface area contributed by atoms with Crippen molar-refractivity contribution in [1.29, 1.82) is 0 Å². The Hall–Kier alpha value is -1.55. The van der Waals surface area contributed by atoms with E-state index in [1.165, 1.54) is 18.4 Å². The molecule has 1 aromatic rings. The molecule has 1 saturated carbocycles. The van der Waals surface area contributed by atoms with E-state index in [0.717, 1.165) is 24.8 Å². The lowest BCUT2D eigenvalue weighted by molar-refractivity contribution is -0.119. The average Bonchev–Trinajstić information content (AvgIpc) is 3.27. The molecule has 0 radical (unpaired) electrons. The van der Waals surface area contributed by atoms with Crippen molar-refractivity contribution < 1.29 is 4.79 Å². The third-order valence-corrected chi connectivity index (χ3v) is 3.47. The fourth-order valence-electron chi connectivity index (χ4n) is 2.01. The molecule has 19 heavy (non-hydrogen) atoms. The monoisotopic (exact) mass is 261 g/mol. The molecule has 0 aliphatic heterocycles. The van der Waals surface area contributed by atoms with E-state index in [2.05, 4.69) is 46.7 Å². The maximum absolute atomic E-state index is 11.4. The largest absolute Gasteiger partial charge is 0.363 e. The van der Waals surface area contributed by atoms with Crippen LogP contribution in [0, 0.1) is 0 Å². The van der Waals surface area contributed by atoms with Crippen LogP contribution in [0.2, 0.25) is 0 Å². The minimum Gasteiger partial charge on any atom is -0.363 e. The van der Waals surface area contributed by atoms with Gasteiger partial charge in [0, 0.05) is 31.9 Å². The fraction of sp³-hybridized carbons (Fsp3) is 0.533. The number of rotatable bonds is 7. The normalized spacial score (nSPS) is 14.2. The molecule has 0 heterocycles.